The molecule has 0 radical (unpaired) electrons. The van der Waals surface area contributed by atoms with Gasteiger partial charge in [-0.3, -0.25) is 4.79 Å². The molecule has 1 amide bonds. The Labute approximate surface area is 120 Å². The molecule has 7 heteroatoms. The summed E-state index contributed by atoms with van der Waals surface area (Å²) in [6.45, 7) is 1.82. The van der Waals surface area contributed by atoms with E-state index in [0.29, 0.717) is 12.8 Å². The van der Waals surface area contributed by atoms with Gasteiger partial charge in [-0.1, -0.05) is 30.7 Å². The summed E-state index contributed by atoms with van der Waals surface area (Å²) in [5.41, 5.74) is 4.99. The fraction of sp³-hybridized carbons (Fsp3) is 0.333. The summed E-state index contributed by atoms with van der Waals surface area (Å²) < 4.78 is 26.8. The molecule has 1 aromatic carbocycles. The number of amides is 1. The summed E-state index contributed by atoms with van der Waals surface area (Å²) in [5.74, 6) is -2.46. The number of thiocarbonyl (C=S) groups is 1. The molecule has 0 bridgehead atoms. The van der Waals surface area contributed by atoms with Crippen LogP contribution in [0.15, 0.2) is 12.1 Å². The predicted molar refractivity (Wildman–Crippen MR) is 74.3 cm³/mol. The third kappa shape index (κ3) is 4.40. The molecule has 0 saturated carbocycles. The molecule has 0 aliphatic heterocycles. The summed E-state index contributed by atoms with van der Waals surface area (Å²) in [7, 11) is 0. The largest absolute Gasteiger partial charge is 0.393 e. The van der Waals surface area contributed by atoms with Gasteiger partial charge in [0.05, 0.1) is 15.6 Å². The van der Waals surface area contributed by atoms with Crippen molar-refractivity contribution in [3.05, 3.63) is 34.4 Å². The van der Waals surface area contributed by atoms with Gasteiger partial charge in [0.1, 0.15) is 11.6 Å². The average Bonchev–Trinajstić information content (AvgIpc) is 2.32. The van der Waals surface area contributed by atoms with Gasteiger partial charge in [-0.25, -0.2) is 8.78 Å². The van der Waals surface area contributed by atoms with E-state index in [1.165, 1.54) is 0 Å². The van der Waals surface area contributed by atoms with Crippen LogP contribution in [0.1, 0.15) is 30.1 Å². The molecular formula is C12H13ClF2N2OS. The predicted octanol–water partition coefficient (Wildman–Crippen LogP) is 2.80. The zero-order valence-corrected chi connectivity index (χ0v) is 11.7. The van der Waals surface area contributed by atoms with Gasteiger partial charge in [-0.2, -0.15) is 0 Å². The van der Waals surface area contributed by atoms with Crippen molar-refractivity contribution in [3.8, 4) is 0 Å². The second-order valence-corrected chi connectivity index (χ2v) is 4.93. The minimum atomic E-state index is -0.880. The van der Waals surface area contributed by atoms with E-state index in [2.05, 4.69) is 5.32 Å². The van der Waals surface area contributed by atoms with Crippen LogP contribution in [-0.4, -0.2) is 16.9 Å². The molecule has 3 N–H and O–H groups in total. The second-order valence-electron chi connectivity index (χ2n) is 4.00. The number of nitrogens with two attached hydrogens (primary N) is 1. The van der Waals surface area contributed by atoms with Crippen LogP contribution in [0.25, 0.3) is 0 Å². The fourth-order valence-corrected chi connectivity index (χ4v) is 1.85. The van der Waals surface area contributed by atoms with E-state index < -0.39 is 23.1 Å². The maximum absolute atomic E-state index is 13.5. The summed E-state index contributed by atoms with van der Waals surface area (Å²) in [5, 5.41) is 2.17. The number of carbonyl (C=O) groups excluding carboxylic acids is 1. The molecule has 0 heterocycles. The van der Waals surface area contributed by atoms with Gasteiger partial charge in [-0.05, 0) is 18.6 Å². The van der Waals surface area contributed by atoms with Gasteiger partial charge < -0.3 is 11.1 Å². The Balaban J connectivity index is 2.88. The second kappa shape index (κ2) is 6.77. The SMILES string of the molecule is CCC(CC(N)=S)NC(=O)c1cc(F)c(Cl)cc1F. The van der Waals surface area contributed by atoms with Crippen LogP contribution in [0.3, 0.4) is 0 Å². The molecule has 1 unspecified atom stereocenters. The van der Waals surface area contributed by atoms with Crippen molar-refractivity contribution in [2.24, 2.45) is 5.73 Å². The topological polar surface area (TPSA) is 55.1 Å². The minimum Gasteiger partial charge on any atom is -0.393 e. The first kappa shape index (κ1) is 15.8. The Bertz CT molecular complexity index is 511. The van der Waals surface area contributed by atoms with Crippen LogP contribution in [-0.2, 0) is 0 Å². The van der Waals surface area contributed by atoms with E-state index in [4.69, 9.17) is 29.6 Å². The van der Waals surface area contributed by atoms with Crippen LogP contribution in [0, 0.1) is 11.6 Å². The Morgan fingerprint density at radius 3 is 2.63 bits per heavy atom. The molecule has 0 fully saturated rings. The van der Waals surface area contributed by atoms with Gasteiger partial charge >= 0.3 is 0 Å². The van der Waals surface area contributed by atoms with Crippen LogP contribution in [0.4, 0.5) is 8.78 Å². The monoisotopic (exact) mass is 306 g/mol. The number of hydrogen-bond donors (Lipinski definition) is 2. The molecule has 0 aliphatic carbocycles. The van der Waals surface area contributed by atoms with Gasteiger partial charge in [-0.15, -0.1) is 0 Å². The van der Waals surface area contributed by atoms with Gasteiger partial charge in [0.25, 0.3) is 5.91 Å². The van der Waals surface area contributed by atoms with Gasteiger partial charge in [0.15, 0.2) is 0 Å². The number of halogens is 3. The van der Waals surface area contributed by atoms with Crippen LogP contribution in [0.5, 0.6) is 0 Å². The number of benzene rings is 1. The first-order chi connectivity index (χ1) is 8.85. The molecule has 0 spiro atoms. The van der Waals surface area contributed by atoms with Crippen LogP contribution >= 0.6 is 23.8 Å². The lowest BCUT2D eigenvalue weighted by atomic mass is 10.1. The zero-order chi connectivity index (χ0) is 14.6. The maximum Gasteiger partial charge on any atom is 0.254 e. The summed E-state index contributed by atoms with van der Waals surface area (Å²) in [4.78, 5) is 12.1. The summed E-state index contributed by atoms with van der Waals surface area (Å²) in [6, 6.07) is 1.21. The summed E-state index contributed by atoms with van der Waals surface area (Å²) in [6.07, 6.45) is 0.871. The van der Waals surface area contributed by atoms with Crippen molar-refractivity contribution >= 4 is 34.7 Å². The molecule has 0 aromatic heterocycles. The molecule has 0 aliphatic rings. The van der Waals surface area contributed by atoms with Crippen molar-refractivity contribution in [2.45, 2.75) is 25.8 Å². The molecule has 1 aromatic rings. The average molecular weight is 307 g/mol. The third-order valence-corrected chi connectivity index (χ3v) is 2.99. The first-order valence-corrected chi connectivity index (χ1v) is 6.37. The van der Waals surface area contributed by atoms with E-state index >= 15 is 0 Å². The quantitative estimate of drug-likeness (QED) is 0.650. The van der Waals surface area contributed by atoms with E-state index in [1.807, 2.05) is 6.92 Å². The van der Waals surface area contributed by atoms with Gasteiger partial charge in [0, 0.05) is 12.5 Å². The standard InChI is InChI=1S/C12H13ClF2N2OS/c1-2-6(3-11(16)19)17-12(18)7-4-10(15)8(13)5-9(7)14/h4-6H,2-3H2,1H3,(H2,16,19)(H,17,18). The van der Waals surface area contributed by atoms with E-state index in [0.717, 1.165) is 12.1 Å². The summed E-state index contributed by atoms with van der Waals surface area (Å²) >= 11 is 10.2. The highest BCUT2D eigenvalue weighted by molar-refractivity contribution is 7.80. The molecule has 0 saturated heterocycles. The van der Waals surface area contributed by atoms with E-state index in [-0.39, 0.29) is 16.1 Å². The Morgan fingerprint density at radius 1 is 1.47 bits per heavy atom. The lowest BCUT2D eigenvalue weighted by Gasteiger charge is -2.16. The normalized spacial score (nSPS) is 12.0. The molecule has 1 atom stereocenters. The van der Waals surface area contributed by atoms with Crippen molar-refractivity contribution in [1.82, 2.24) is 5.32 Å². The highest BCUT2D eigenvalue weighted by Gasteiger charge is 2.18. The smallest absolute Gasteiger partial charge is 0.254 e. The van der Waals surface area contributed by atoms with Gasteiger partial charge in [0.2, 0.25) is 0 Å². The Kier molecular flexibility index (Phi) is 5.62. The molecule has 1 rings (SSSR count). The van der Waals surface area contributed by atoms with Crippen LogP contribution in [0.2, 0.25) is 5.02 Å². The molecular weight excluding hydrogens is 294 g/mol. The molecule has 3 nitrogen and oxygen atoms in total. The fourth-order valence-electron chi connectivity index (χ4n) is 1.50. The highest BCUT2D eigenvalue weighted by atomic mass is 35.5. The van der Waals surface area contributed by atoms with Crippen LogP contribution < -0.4 is 11.1 Å². The first-order valence-electron chi connectivity index (χ1n) is 5.58. The van der Waals surface area contributed by atoms with Crippen molar-refractivity contribution in [2.75, 3.05) is 0 Å². The van der Waals surface area contributed by atoms with E-state index in [1.54, 1.807) is 0 Å². The lowest BCUT2D eigenvalue weighted by molar-refractivity contribution is 0.0932. The number of rotatable bonds is 5. The van der Waals surface area contributed by atoms with Crippen molar-refractivity contribution in [3.63, 3.8) is 0 Å². The number of hydrogen-bond acceptors (Lipinski definition) is 2. The van der Waals surface area contributed by atoms with Crippen molar-refractivity contribution < 1.29 is 13.6 Å². The number of carbonyl (C=O) groups is 1. The van der Waals surface area contributed by atoms with Crippen molar-refractivity contribution in [1.29, 1.82) is 0 Å². The Hall–Kier alpha value is -1.27. The number of nitrogens with one attached hydrogen (secondary N) is 1. The molecule has 19 heavy (non-hydrogen) atoms. The minimum absolute atomic E-state index is 0.245. The highest BCUT2D eigenvalue weighted by Crippen LogP contribution is 2.19. The lowest BCUT2D eigenvalue weighted by Crippen LogP contribution is -2.37. The third-order valence-electron chi connectivity index (χ3n) is 2.53. The molecule has 104 valence electrons. The Morgan fingerprint density at radius 2 is 2.11 bits per heavy atom. The maximum atomic E-state index is 13.5. The zero-order valence-electron chi connectivity index (χ0n) is 10.2. The van der Waals surface area contributed by atoms with E-state index in [9.17, 15) is 13.6 Å².